The van der Waals surface area contributed by atoms with Crippen LogP contribution in [-0.2, 0) is 11.8 Å². The van der Waals surface area contributed by atoms with Crippen molar-refractivity contribution >= 4 is 55.1 Å². The van der Waals surface area contributed by atoms with Crippen LogP contribution in [0.1, 0.15) is 88.0 Å². The van der Waals surface area contributed by atoms with Gasteiger partial charge in [0.1, 0.15) is 5.65 Å². The van der Waals surface area contributed by atoms with Crippen molar-refractivity contribution in [3.63, 3.8) is 0 Å². The van der Waals surface area contributed by atoms with E-state index in [0.29, 0.717) is 17.5 Å². The van der Waals surface area contributed by atoms with Crippen molar-refractivity contribution < 1.29 is 9.53 Å². The maximum Gasteiger partial charge on any atom is 0.337 e. The number of rotatable bonds is 5. The quantitative estimate of drug-likeness (QED) is 0.200. The van der Waals surface area contributed by atoms with Crippen LogP contribution in [0.15, 0.2) is 62.6 Å². The third-order valence-corrected chi connectivity index (χ3v) is 7.63. The molecule has 4 rings (SSSR count). The Morgan fingerprint density at radius 3 is 2.20 bits per heavy atom. The molecule has 220 valence electrons. The Kier molecular flexibility index (Phi) is 16.9. The number of piperidine rings is 1. The predicted molar refractivity (Wildman–Crippen MR) is 178 cm³/mol. The molecule has 6 nitrogen and oxygen atoms in total. The monoisotopic (exact) mass is 676 g/mol. The van der Waals surface area contributed by atoms with Crippen LogP contribution in [0.5, 0.6) is 0 Å². The molecule has 1 aliphatic heterocycles. The highest BCUT2D eigenvalue weighted by atomic mass is 79.9. The highest BCUT2D eigenvalue weighted by Crippen LogP contribution is 2.34. The van der Waals surface area contributed by atoms with Gasteiger partial charge in [-0.15, -0.1) is 0 Å². The predicted octanol–water partition coefficient (Wildman–Crippen LogP) is 9.10. The number of fused-ring (bicyclic) bond motifs is 1. The summed E-state index contributed by atoms with van der Waals surface area (Å²) in [5, 5.41) is 1.16. The van der Waals surface area contributed by atoms with Crippen molar-refractivity contribution in [1.29, 1.82) is 0 Å². The molecule has 0 saturated carbocycles. The standard InChI is InChI=1S/C23H26BrN3O2.C5H8BrN.2C2H6/c1-15(21-14-19-20(24)8-11-25-22(19)26(21)2)27-12-9-17(10-13-27)16-4-6-18(7-5-16)23(28)29-3;1-5(6)3-4-7-2;2*1-2/h4-8,11,14-15,17H,9-10,12-13H2,1-3H3;3-4H,1-2H3;2*1-2H3/b;5-3+,7-4?;;. The van der Waals surface area contributed by atoms with Crippen molar-refractivity contribution in [3.05, 3.63) is 74.4 Å². The molecule has 1 saturated heterocycles. The first-order chi connectivity index (χ1) is 19.3. The molecule has 0 aliphatic carbocycles. The van der Waals surface area contributed by atoms with E-state index >= 15 is 0 Å². The maximum absolute atomic E-state index is 11.6. The van der Waals surface area contributed by atoms with Crippen molar-refractivity contribution in [2.24, 2.45) is 12.0 Å². The van der Waals surface area contributed by atoms with E-state index in [2.05, 4.69) is 83.5 Å². The van der Waals surface area contributed by atoms with Crippen LogP contribution in [0, 0.1) is 0 Å². The zero-order valence-electron chi connectivity index (χ0n) is 25.5. The van der Waals surface area contributed by atoms with Crippen LogP contribution in [0.25, 0.3) is 11.0 Å². The average Bonchev–Trinajstić information content (AvgIpc) is 3.35. The topological polar surface area (TPSA) is 59.7 Å². The highest BCUT2D eigenvalue weighted by molar-refractivity contribution is 9.11. The molecular weight excluding hydrogens is 632 g/mol. The Morgan fingerprint density at radius 2 is 1.73 bits per heavy atom. The summed E-state index contributed by atoms with van der Waals surface area (Å²) in [5.41, 5.74) is 4.22. The fourth-order valence-electron chi connectivity index (χ4n) is 4.60. The molecule has 3 heterocycles. The van der Waals surface area contributed by atoms with Crippen molar-refractivity contribution in [3.8, 4) is 0 Å². The number of hydrogen-bond donors (Lipinski definition) is 0. The zero-order valence-corrected chi connectivity index (χ0v) is 28.7. The van der Waals surface area contributed by atoms with Gasteiger partial charge in [0.2, 0.25) is 0 Å². The van der Waals surface area contributed by atoms with Crippen molar-refractivity contribution in [2.75, 3.05) is 27.2 Å². The molecule has 0 radical (unpaired) electrons. The Bertz CT molecular complexity index is 1220. The first-order valence-corrected chi connectivity index (χ1v) is 15.6. The molecule has 1 aromatic carbocycles. The molecule has 1 aliphatic rings. The molecule has 0 amide bonds. The number of allylic oxidation sites excluding steroid dienone is 2. The number of ether oxygens (including phenoxy) is 1. The number of carbonyl (C=O) groups excluding carboxylic acids is 1. The number of aliphatic imine (C=N–C) groups is 1. The van der Waals surface area contributed by atoms with Gasteiger partial charge in [-0.1, -0.05) is 55.8 Å². The molecule has 2 aromatic heterocycles. The van der Waals surface area contributed by atoms with E-state index in [-0.39, 0.29) is 5.97 Å². The van der Waals surface area contributed by atoms with Crippen LogP contribution in [0.3, 0.4) is 0 Å². The molecule has 1 atom stereocenters. The average molecular weight is 679 g/mol. The fraction of sp³-hybridized carbons (Fsp3) is 0.469. The number of aryl methyl sites for hydroxylation is 1. The first kappa shape index (κ1) is 35.7. The summed E-state index contributed by atoms with van der Waals surface area (Å²) < 4.78 is 9.18. The summed E-state index contributed by atoms with van der Waals surface area (Å²) in [6, 6.07) is 12.5. The largest absolute Gasteiger partial charge is 0.465 e. The second kappa shape index (κ2) is 18.9. The van der Waals surface area contributed by atoms with Gasteiger partial charge < -0.3 is 9.30 Å². The van der Waals surface area contributed by atoms with Crippen LogP contribution >= 0.6 is 31.9 Å². The summed E-state index contributed by atoms with van der Waals surface area (Å²) in [5.74, 6) is 0.254. The van der Waals surface area contributed by atoms with Crippen molar-refractivity contribution in [2.45, 2.75) is 66.3 Å². The zero-order chi connectivity index (χ0) is 30.2. The normalized spacial score (nSPS) is 14.8. The van der Waals surface area contributed by atoms with Gasteiger partial charge in [0.05, 0.1) is 12.7 Å². The molecule has 0 N–H and O–H groups in total. The summed E-state index contributed by atoms with van der Waals surface area (Å²) in [7, 11) is 5.26. The lowest BCUT2D eigenvalue weighted by Gasteiger charge is -2.36. The molecule has 0 bridgehead atoms. The summed E-state index contributed by atoms with van der Waals surface area (Å²) in [6.45, 7) is 14.4. The van der Waals surface area contributed by atoms with E-state index < -0.39 is 0 Å². The van der Waals surface area contributed by atoms with Crippen LogP contribution < -0.4 is 0 Å². The van der Waals surface area contributed by atoms with Crippen LogP contribution in [0.4, 0.5) is 0 Å². The number of hydrogen-bond acceptors (Lipinski definition) is 5. The highest BCUT2D eigenvalue weighted by Gasteiger charge is 2.26. The fourth-order valence-corrected chi connectivity index (χ4v) is 5.13. The van der Waals surface area contributed by atoms with E-state index in [0.717, 1.165) is 45.9 Å². The lowest BCUT2D eigenvalue weighted by atomic mass is 9.88. The molecule has 1 unspecified atom stereocenters. The maximum atomic E-state index is 11.6. The molecule has 40 heavy (non-hydrogen) atoms. The Hall–Kier alpha value is -2.29. The number of likely N-dealkylation sites (tertiary alicyclic amines) is 1. The number of nitrogens with zero attached hydrogens (tertiary/aromatic N) is 4. The van der Waals surface area contributed by atoms with Gasteiger partial charge in [-0.2, -0.15) is 0 Å². The lowest BCUT2D eigenvalue weighted by Crippen LogP contribution is -2.35. The molecule has 1 fully saturated rings. The second-order valence-electron chi connectivity index (χ2n) is 8.92. The molecule has 3 aromatic rings. The van der Waals surface area contributed by atoms with Crippen LogP contribution in [-0.4, -0.2) is 53.9 Å². The first-order valence-electron chi connectivity index (χ1n) is 14.0. The van der Waals surface area contributed by atoms with Gasteiger partial charge in [-0.25, -0.2) is 9.78 Å². The minimum atomic E-state index is -0.281. The number of esters is 1. The summed E-state index contributed by atoms with van der Waals surface area (Å²) in [6.07, 6.45) is 7.71. The van der Waals surface area contributed by atoms with Crippen molar-refractivity contribution in [1.82, 2.24) is 14.5 Å². The minimum absolute atomic E-state index is 0.281. The third-order valence-electron chi connectivity index (χ3n) is 6.67. The van der Waals surface area contributed by atoms with E-state index in [1.54, 1.807) is 13.3 Å². The smallest absolute Gasteiger partial charge is 0.337 e. The van der Waals surface area contributed by atoms with Gasteiger partial charge in [0.25, 0.3) is 0 Å². The number of halogens is 2. The van der Waals surface area contributed by atoms with Gasteiger partial charge >= 0.3 is 5.97 Å². The van der Waals surface area contributed by atoms with E-state index in [9.17, 15) is 4.79 Å². The molecule has 8 heteroatoms. The second-order valence-corrected chi connectivity index (χ2v) is 11.0. The van der Waals surface area contributed by atoms with Gasteiger partial charge in [0, 0.05) is 48.1 Å². The Labute approximate surface area is 258 Å². The van der Waals surface area contributed by atoms with E-state index in [4.69, 9.17) is 4.74 Å². The number of pyridine rings is 1. The minimum Gasteiger partial charge on any atom is -0.465 e. The third kappa shape index (κ3) is 9.96. The van der Waals surface area contributed by atoms with Gasteiger partial charge in [0.15, 0.2) is 0 Å². The lowest BCUT2D eigenvalue weighted by molar-refractivity contribution is 0.0600. The number of methoxy groups -OCH3 is 1. The number of aromatic nitrogens is 2. The van der Waals surface area contributed by atoms with E-state index in [1.165, 1.54) is 18.4 Å². The SMILES string of the molecule is CC.CC.CN=C/C=C(\C)Br.COC(=O)c1ccc(C2CCN(C(C)c3cc4c(Br)ccnc4n3C)CC2)cc1. The number of benzene rings is 1. The molecule has 0 spiro atoms. The van der Waals surface area contributed by atoms with Gasteiger partial charge in [-0.05, 0) is 102 Å². The summed E-state index contributed by atoms with van der Waals surface area (Å²) >= 11 is 6.89. The van der Waals surface area contributed by atoms with E-state index in [1.807, 2.05) is 65.1 Å². The Morgan fingerprint density at radius 1 is 1.12 bits per heavy atom. The Balaban J connectivity index is 0.000000629. The van der Waals surface area contributed by atoms with Gasteiger partial charge in [-0.3, -0.25) is 9.89 Å². The molecular formula is C32H46Br2N4O2. The van der Waals surface area contributed by atoms with Crippen LogP contribution in [0.2, 0.25) is 0 Å². The summed E-state index contributed by atoms with van der Waals surface area (Å²) in [4.78, 5) is 22.5. The number of carbonyl (C=O) groups is 1.